The summed E-state index contributed by atoms with van der Waals surface area (Å²) < 4.78 is 35.2. The van der Waals surface area contributed by atoms with E-state index in [2.05, 4.69) is 0 Å². The molecule has 0 spiro atoms. The zero-order valence-electron chi connectivity index (χ0n) is 8.18. The minimum atomic E-state index is -4.34. The third-order valence-electron chi connectivity index (χ3n) is 2.22. The van der Waals surface area contributed by atoms with Gasteiger partial charge in [-0.25, -0.2) is 0 Å². The van der Waals surface area contributed by atoms with Gasteiger partial charge in [0.1, 0.15) is 6.54 Å². The maximum atomic E-state index is 11.7. The average molecular weight is 225 g/mol. The van der Waals surface area contributed by atoms with E-state index in [0.29, 0.717) is 25.6 Å². The predicted molar refractivity (Wildman–Crippen MR) is 48.0 cm³/mol. The minimum Gasteiger partial charge on any atom is -0.346 e. The van der Waals surface area contributed by atoms with Crippen LogP contribution in [0.25, 0.3) is 0 Å². The van der Waals surface area contributed by atoms with Crippen molar-refractivity contribution in [3.8, 4) is 0 Å². The molecule has 0 unspecified atom stereocenters. The number of carbonyl (C=O) groups excluding carboxylic acids is 1. The molecule has 0 aromatic heterocycles. The van der Waals surface area contributed by atoms with Crippen molar-refractivity contribution in [2.75, 3.05) is 32.7 Å². The summed E-state index contributed by atoms with van der Waals surface area (Å²) in [6.45, 7) is 0.694. The van der Waals surface area contributed by atoms with Crippen LogP contribution in [-0.4, -0.2) is 49.7 Å². The van der Waals surface area contributed by atoms with Gasteiger partial charge < -0.3 is 11.1 Å². The molecule has 0 aliphatic carbocycles. The van der Waals surface area contributed by atoms with Crippen LogP contribution in [0, 0.1) is 5.92 Å². The molecule has 0 aromatic rings. The number of likely N-dealkylation sites (tertiary alicyclic amines) is 1. The molecule has 88 valence electrons. The molecule has 0 radical (unpaired) electrons. The summed E-state index contributed by atoms with van der Waals surface area (Å²) >= 11 is 0. The van der Waals surface area contributed by atoms with Crippen LogP contribution in [0.3, 0.4) is 0 Å². The van der Waals surface area contributed by atoms with E-state index in [1.807, 2.05) is 5.32 Å². The van der Waals surface area contributed by atoms with Crippen molar-refractivity contribution in [2.45, 2.75) is 6.18 Å². The Kier molecular flexibility index (Phi) is 3.92. The lowest BCUT2D eigenvalue weighted by Crippen LogP contribution is -2.53. The van der Waals surface area contributed by atoms with Crippen LogP contribution in [0.15, 0.2) is 0 Å². The van der Waals surface area contributed by atoms with E-state index in [4.69, 9.17) is 5.73 Å². The summed E-state index contributed by atoms with van der Waals surface area (Å²) in [7, 11) is 0. The predicted octanol–water partition coefficient (Wildman–Crippen LogP) is -0.445. The first-order chi connectivity index (χ1) is 6.90. The highest BCUT2D eigenvalue weighted by Gasteiger charge is 2.30. The van der Waals surface area contributed by atoms with Gasteiger partial charge in [0.15, 0.2) is 0 Å². The number of nitrogens with two attached hydrogens (primary N) is 1. The standard InChI is InChI=1S/C8H14F3N3O/c9-8(10,11)5-13-7(15)4-14-2-6(1-12)3-14/h6H,1-5,12H2,(H,13,15). The average Bonchev–Trinajstić information content (AvgIpc) is 2.06. The van der Waals surface area contributed by atoms with Gasteiger partial charge >= 0.3 is 6.18 Å². The molecular weight excluding hydrogens is 211 g/mol. The summed E-state index contributed by atoms with van der Waals surface area (Å²) in [6, 6.07) is 0. The number of nitrogens with one attached hydrogen (secondary N) is 1. The van der Waals surface area contributed by atoms with Crippen molar-refractivity contribution in [3.05, 3.63) is 0 Å². The number of carbonyl (C=O) groups is 1. The zero-order valence-corrected chi connectivity index (χ0v) is 8.18. The van der Waals surface area contributed by atoms with Gasteiger partial charge in [-0.1, -0.05) is 0 Å². The second-order valence-corrected chi connectivity index (χ2v) is 3.69. The lowest BCUT2D eigenvalue weighted by Gasteiger charge is -2.37. The second-order valence-electron chi connectivity index (χ2n) is 3.69. The first-order valence-corrected chi connectivity index (χ1v) is 4.66. The fourth-order valence-corrected chi connectivity index (χ4v) is 1.41. The van der Waals surface area contributed by atoms with Gasteiger partial charge in [0, 0.05) is 13.1 Å². The van der Waals surface area contributed by atoms with Crippen LogP contribution in [0.2, 0.25) is 0 Å². The summed E-state index contributed by atoms with van der Waals surface area (Å²) in [5.41, 5.74) is 5.37. The molecular formula is C8H14F3N3O. The van der Waals surface area contributed by atoms with E-state index in [1.54, 1.807) is 4.90 Å². The van der Waals surface area contributed by atoms with Crippen LogP contribution < -0.4 is 11.1 Å². The summed E-state index contributed by atoms with van der Waals surface area (Å²) in [5.74, 6) is -0.219. The molecule has 1 amide bonds. The van der Waals surface area contributed by atoms with Crippen LogP contribution in [-0.2, 0) is 4.79 Å². The van der Waals surface area contributed by atoms with Crippen molar-refractivity contribution in [2.24, 2.45) is 11.7 Å². The molecule has 0 bridgehead atoms. The van der Waals surface area contributed by atoms with Gasteiger partial charge in [-0.05, 0) is 12.5 Å². The van der Waals surface area contributed by atoms with E-state index in [9.17, 15) is 18.0 Å². The molecule has 1 aliphatic heterocycles. The van der Waals surface area contributed by atoms with E-state index in [-0.39, 0.29) is 6.54 Å². The topological polar surface area (TPSA) is 58.4 Å². The lowest BCUT2D eigenvalue weighted by atomic mass is 10.0. The van der Waals surface area contributed by atoms with Gasteiger partial charge in [0.05, 0.1) is 6.54 Å². The summed E-state index contributed by atoms with van der Waals surface area (Å²) in [6.07, 6.45) is -4.34. The van der Waals surface area contributed by atoms with E-state index in [0.717, 1.165) is 0 Å². The maximum Gasteiger partial charge on any atom is 0.405 e. The van der Waals surface area contributed by atoms with Crippen molar-refractivity contribution >= 4 is 5.91 Å². The highest BCUT2D eigenvalue weighted by Crippen LogP contribution is 2.14. The fourth-order valence-electron chi connectivity index (χ4n) is 1.41. The van der Waals surface area contributed by atoms with Crippen LogP contribution >= 0.6 is 0 Å². The SMILES string of the molecule is NCC1CN(CC(=O)NCC(F)(F)F)C1. The molecule has 7 heteroatoms. The Hall–Kier alpha value is -0.820. The quantitative estimate of drug-likeness (QED) is 0.681. The number of hydrogen-bond acceptors (Lipinski definition) is 3. The second kappa shape index (κ2) is 4.80. The first kappa shape index (κ1) is 12.3. The van der Waals surface area contributed by atoms with Gasteiger partial charge in [-0.3, -0.25) is 9.69 Å². The highest BCUT2D eigenvalue weighted by molar-refractivity contribution is 5.78. The van der Waals surface area contributed by atoms with Crippen molar-refractivity contribution < 1.29 is 18.0 Å². The largest absolute Gasteiger partial charge is 0.405 e. The van der Waals surface area contributed by atoms with Gasteiger partial charge in [0.25, 0.3) is 0 Å². The molecule has 0 saturated carbocycles. The number of nitrogens with zero attached hydrogens (tertiary/aromatic N) is 1. The molecule has 15 heavy (non-hydrogen) atoms. The Morgan fingerprint density at radius 3 is 2.53 bits per heavy atom. The summed E-state index contributed by atoms with van der Waals surface area (Å²) in [5, 5.41) is 1.82. The van der Waals surface area contributed by atoms with Crippen molar-refractivity contribution in [3.63, 3.8) is 0 Å². The first-order valence-electron chi connectivity index (χ1n) is 4.66. The number of hydrogen-bond donors (Lipinski definition) is 2. The Balaban J connectivity index is 2.10. The lowest BCUT2D eigenvalue weighted by molar-refractivity contribution is -0.139. The zero-order chi connectivity index (χ0) is 11.5. The number of halogens is 3. The summed E-state index contributed by atoms with van der Waals surface area (Å²) in [4.78, 5) is 12.8. The third kappa shape index (κ3) is 4.48. The van der Waals surface area contributed by atoms with Crippen LogP contribution in [0.5, 0.6) is 0 Å². The molecule has 1 heterocycles. The molecule has 3 N–H and O–H groups in total. The molecule has 4 nitrogen and oxygen atoms in total. The molecule has 0 atom stereocenters. The van der Waals surface area contributed by atoms with Crippen LogP contribution in [0.1, 0.15) is 0 Å². The normalized spacial score (nSPS) is 18.7. The number of alkyl halides is 3. The molecule has 1 aliphatic rings. The maximum absolute atomic E-state index is 11.7. The van der Waals surface area contributed by atoms with E-state index >= 15 is 0 Å². The monoisotopic (exact) mass is 225 g/mol. The Morgan fingerprint density at radius 1 is 1.47 bits per heavy atom. The van der Waals surface area contributed by atoms with Gasteiger partial charge in [-0.15, -0.1) is 0 Å². The Morgan fingerprint density at radius 2 is 2.07 bits per heavy atom. The minimum absolute atomic E-state index is 0.0204. The van der Waals surface area contributed by atoms with Crippen molar-refractivity contribution in [1.82, 2.24) is 10.2 Å². The number of amides is 1. The Labute approximate surface area is 85.6 Å². The smallest absolute Gasteiger partial charge is 0.346 e. The number of rotatable bonds is 4. The van der Waals surface area contributed by atoms with Crippen LogP contribution in [0.4, 0.5) is 13.2 Å². The van der Waals surface area contributed by atoms with Gasteiger partial charge in [-0.2, -0.15) is 13.2 Å². The van der Waals surface area contributed by atoms with Crippen molar-refractivity contribution in [1.29, 1.82) is 0 Å². The molecule has 1 fully saturated rings. The molecule has 0 aromatic carbocycles. The molecule has 1 rings (SSSR count). The third-order valence-corrected chi connectivity index (χ3v) is 2.22. The highest BCUT2D eigenvalue weighted by atomic mass is 19.4. The van der Waals surface area contributed by atoms with E-state index in [1.165, 1.54) is 0 Å². The van der Waals surface area contributed by atoms with E-state index < -0.39 is 18.6 Å². The molecule has 1 saturated heterocycles. The fraction of sp³-hybridized carbons (Fsp3) is 0.875. The van der Waals surface area contributed by atoms with Gasteiger partial charge in [0.2, 0.25) is 5.91 Å². The Bertz CT molecular complexity index is 226.